The lowest BCUT2D eigenvalue weighted by molar-refractivity contribution is 0.0511. The highest BCUT2D eigenvalue weighted by Gasteiger charge is 2.10. The highest BCUT2D eigenvalue weighted by atomic mass is 16.5. The van der Waals surface area contributed by atoms with Gasteiger partial charge in [0.25, 0.3) is 11.8 Å². The molecule has 0 aliphatic carbocycles. The Morgan fingerprint density at radius 1 is 0.528 bits per heavy atom. The predicted molar refractivity (Wildman–Crippen MR) is 205 cm³/mol. The summed E-state index contributed by atoms with van der Waals surface area (Å²) in [5.41, 5.74) is 8.49. The van der Waals surface area contributed by atoms with Gasteiger partial charge in [-0.2, -0.15) is 15.0 Å². The smallest absolute Gasteiger partial charge is 0.251 e. The first-order valence-electron chi connectivity index (χ1n) is 17.9. The van der Waals surface area contributed by atoms with Gasteiger partial charge in [0.1, 0.15) is 0 Å². The molecule has 0 aliphatic rings. The molecule has 0 fully saturated rings. The van der Waals surface area contributed by atoms with E-state index in [1.807, 2.05) is 36.4 Å². The van der Waals surface area contributed by atoms with E-state index in [2.05, 4.69) is 53.7 Å². The van der Waals surface area contributed by atoms with Crippen LogP contribution in [0.4, 0.5) is 23.5 Å². The quantitative estimate of drug-likeness (QED) is 0.0490. The van der Waals surface area contributed by atoms with Gasteiger partial charge in [-0.15, -0.1) is 0 Å². The third kappa shape index (κ3) is 16.8. The molecule has 0 unspecified atom stereocenters. The molecule has 1 aromatic heterocycles. The van der Waals surface area contributed by atoms with Crippen molar-refractivity contribution < 1.29 is 28.5 Å². The Morgan fingerprint density at radius 3 is 1.60 bits per heavy atom. The SMILES string of the molecule is NCCOCCOCCNC(=O)c1ccc(Nc2nc(NCCCc3ccccc3)nc(NCCOCCOCCNC(=O)c3ccccc3)n2)cc1. The third-order valence-electron chi connectivity index (χ3n) is 7.44. The van der Waals surface area contributed by atoms with Crippen LogP contribution in [-0.2, 0) is 25.4 Å². The maximum atomic E-state index is 12.6. The number of rotatable bonds is 27. The average Bonchev–Trinajstić information content (AvgIpc) is 3.19. The molecule has 0 atom stereocenters. The van der Waals surface area contributed by atoms with Gasteiger partial charge in [0, 0.05) is 49.5 Å². The summed E-state index contributed by atoms with van der Waals surface area (Å²) in [7, 11) is 0. The van der Waals surface area contributed by atoms with Crippen molar-refractivity contribution in [2.24, 2.45) is 5.73 Å². The minimum absolute atomic E-state index is 0.129. The van der Waals surface area contributed by atoms with E-state index in [1.54, 1.807) is 36.4 Å². The number of benzene rings is 3. The van der Waals surface area contributed by atoms with E-state index in [-0.39, 0.29) is 11.8 Å². The van der Waals surface area contributed by atoms with Crippen molar-refractivity contribution in [1.82, 2.24) is 25.6 Å². The van der Waals surface area contributed by atoms with Crippen LogP contribution in [0.25, 0.3) is 0 Å². The van der Waals surface area contributed by atoms with E-state index in [0.717, 1.165) is 12.8 Å². The lowest BCUT2D eigenvalue weighted by Gasteiger charge is -2.12. The topological polar surface area (TPSA) is 196 Å². The molecule has 284 valence electrons. The normalized spacial score (nSPS) is 10.8. The maximum absolute atomic E-state index is 12.6. The molecule has 0 spiro atoms. The van der Waals surface area contributed by atoms with Crippen LogP contribution in [0.3, 0.4) is 0 Å². The van der Waals surface area contributed by atoms with Crippen molar-refractivity contribution in [1.29, 1.82) is 0 Å². The zero-order valence-corrected chi connectivity index (χ0v) is 30.1. The van der Waals surface area contributed by atoms with Gasteiger partial charge in [0.05, 0.1) is 52.9 Å². The molecule has 0 saturated carbocycles. The van der Waals surface area contributed by atoms with Crippen LogP contribution in [0, 0.1) is 0 Å². The van der Waals surface area contributed by atoms with Gasteiger partial charge in [0.2, 0.25) is 17.8 Å². The first kappa shape index (κ1) is 40.6. The lowest BCUT2D eigenvalue weighted by Crippen LogP contribution is -2.27. The zero-order valence-electron chi connectivity index (χ0n) is 30.1. The Kier molecular flexibility index (Phi) is 19.1. The number of aromatic nitrogens is 3. The van der Waals surface area contributed by atoms with Crippen molar-refractivity contribution in [2.45, 2.75) is 12.8 Å². The fraction of sp³-hybridized carbons (Fsp3) is 0.395. The maximum Gasteiger partial charge on any atom is 0.251 e. The molecule has 0 radical (unpaired) electrons. The zero-order chi connectivity index (χ0) is 37.2. The number of aryl methyl sites for hydroxylation is 1. The molecule has 0 saturated heterocycles. The second kappa shape index (κ2) is 24.9. The minimum atomic E-state index is -0.200. The van der Waals surface area contributed by atoms with Crippen molar-refractivity contribution in [2.75, 3.05) is 102 Å². The van der Waals surface area contributed by atoms with Crippen LogP contribution in [0.1, 0.15) is 32.7 Å². The number of ether oxygens (including phenoxy) is 4. The van der Waals surface area contributed by atoms with Crippen molar-refractivity contribution in [3.8, 4) is 0 Å². The standard InChI is InChI=1S/C38H51N9O6/c39-17-22-50-26-27-51-24-20-41-35(49)32-13-15-33(16-14-32)44-38-46-36(42-18-7-10-30-8-3-1-4-9-30)45-37(47-38)43-21-25-53-29-28-52-23-19-40-34(48)31-11-5-2-6-12-31/h1-6,8-9,11-16H,7,10,17-29,39H2,(H,40,48)(H,41,49)(H3,42,43,44,45,46,47). The summed E-state index contributed by atoms with van der Waals surface area (Å²) in [6, 6.07) is 26.4. The van der Waals surface area contributed by atoms with E-state index in [9.17, 15) is 9.59 Å². The van der Waals surface area contributed by atoms with Crippen LogP contribution in [0.2, 0.25) is 0 Å². The fourth-order valence-electron chi connectivity index (χ4n) is 4.79. The second-order valence-electron chi connectivity index (χ2n) is 11.6. The largest absolute Gasteiger partial charge is 0.378 e. The Bertz CT molecular complexity index is 1600. The number of nitrogens with zero attached hydrogens (tertiary/aromatic N) is 3. The lowest BCUT2D eigenvalue weighted by atomic mass is 10.1. The minimum Gasteiger partial charge on any atom is -0.378 e. The van der Waals surface area contributed by atoms with Gasteiger partial charge in [0.15, 0.2) is 0 Å². The summed E-state index contributed by atoms with van der Waals surface area (Å²) in [5, 5.41) is 15.4. The number of hydrogen-bond acceptors (Lipinski definition) is 13. The highest BCUT2D eigenvalue weighted by molar-refractivity contribution is 5.94. The summed E-state index contributed by atoms with van der Waals surface area (Å²) < 4.78 is 22.0. The summed E-state index contributed by atoms with van der Waals surface area (Å²) >= 11 is 0. The number of carbonyl (C=O) groups excluding carboxylic acids is 2. The van der Waals surface area contributed by atoms with Crippen LogP contribution in [-0.4, -0.2) is 112 Å². The molecular weight excluding hydrogens is 678 g/mol. The molecule has 15 heteroatoms. The van der Waals surface area contributed by atoms with Crippen LogP contribution in [0.15, 0.2) is 84.9 Å². The van der Waals surface area contributed by atoms with Crippen molar-refractivity contribution in [3.63, 3.8) is 0 Å². The van der Waals surface area contributed by atoms with Gasteiger partial charge in [-0.05, 0) is 54.8 Å². The second-order valence-corrected chi connectivity index (χ2v) is 11.6. The number of hydrogen-bond donors (Lipinski definition) is 6. The van der Waals surface area contributed by atoms with E-state index in [0.29, 0.717) is 120 Å². The summed E-state index contributed by atoms with van der Waals surface area (Å²) in [5.74, 6) is 0.819. The van der Waals surface area contributed by atoms with Crippen LogP contribution < -0.4 is 32.3 Å². The number of nitrogens with two attached hydrogens (primary N) is 1. The Labute approximate surface area is 310 Å². The number of nitrogens with one attached hydrogen (secondary N) is 5. The molecule has 7 N–H and O–H groups in total. The van der Waals surface area contributed by atoms with Crippen LogP contribution >= 0.6 is 0 Å². The van der Waals surface area contributed by atoms with Gasteiger partial charge in [-0.1, -0.05) is 48.5 Å². The molecule has 4 rings (SSSR count). The summed E-state index contributed by atoms with van der Waals surface area (Å²) in [6.07, 6.45) is 1.82. The molecule has 3 aromatic carbocycles. The first-order valence-corrected chi connectivity index (χ1v) is 17.9. The molecule has 53 heavy (non-hydrogen) atoms. The predicted octanol–water partition coefficient (Wildman–Crippen LogP) is 3.26. The van der Waals surface area contributed by atoms with E-state index in [4.69, 9.17) is 24.7 Å². The molecule has 15 nitrogen and oxygen atoms in total. The Balaban J connectivity index is 1.20. The molecular formula is C38H51N9O6. The van der Waals surface area contributed by atoms with E-state index < -0.39 is 0 Å². The number of carbonyl (C=O) groups is 2. The molecule has 2 amide bonds. The van der Waals surface area contributed by atoms with Gasteiger partial charge in [-0.3, -0.25) is 9.59 Å². The monoisotopic (exact) mass is 729 g/mol. The molecule has 4 aromatic rings. The van der Waals surface area contributed by atoms with E-state index in [1.165, 1.54) is 5.56 Å². The van der Waals surface area contributed by atoms with Crippen molar-refractivity contribution >= 4 is 35.3 Å². The van der Waals surface area contributed by atoms with Crippen LogP contribution in [0.5, 0.6) is 0 Å². The number of anilines is 4. The Morgan fingerprint density at radius 2 is 1.02 bits per heavy atom. The highest BCUT2D eigenvalue weighted by Crippen LogP contribution is 2.17. The molecule has 0 bridgehead atoms. The molecule has 0 aliphatic heterocycles. The fourth-order valence-corrected chi connectivity index (χ4v) is 4.79. The van der Waals surface area contributed by atoms with Crippen molar-refractivity contribution in [3.05, 3.63) is 102 Å². The summed E-state index contributed by atoms with van der Waals surface area (Å²) in [4.78, 5) is 38.3. The summed E-state index contributed by atoms with van der Waals surface area (Å²) in [6.45, 7) is 5.79. The van der Waals surface area contributed by atoms with E-state index >= 15 is 0 Å². The average molecular weight is 730 g/mol. The van der Waals surface area contributed by atoms with Gasteiger partial charge >= 0.3 is 0 Å². The first-order chi connectivity index (χ1) is 26.1. The number of amides is 2. The molecule has 1 heterocycles. The Hall–Kier alpha value is -5.19. The van der Waals surface area contributed by atoms with Gasteiger partial charge < -0.3 is 51.3 Å². The third-order valence-corrected chi connectivity index (χ3v) is 7.44. The van der Waals surface area contributed by atoms with Gasteiger partial charge in [-0.25, -0.2) is 0 Å².